The summed E-state index contributed by atoms with van der Waals surface area (Å²) >= 11 is 1.19. The van der Waals surface area contributed by atoms with E-state index in [9.17, 15) is 14.3 Å². The lowest BCUT2D eigenvalue weighted by molar-refractivity contribution is 0.102. The molecule has 0 saturated carbocycles. The predicted molar refractivity (Wildman–Crippen MR) is 127 cm³/mol. The number of hydrogen-bond donors (Lipinski definition) is 3. The second-order valence-corrected chi connectivity index (χ2v) is 8.47. The predicted octanol–water partition coefficient (Wildman–Crippen LogP) is 3.96. The normalized spacial score (nSPS) is 11.0. The van der Waals surface area contributed by atoms with Crippen LogP contribution in [0.1, 0.15) is 20.8 Å². The van der Waals surface area contributed by atoms with Crippen molar-refractivity contribution in [3.8, 4) is 0 Å². The molecule has 2 aromatic carbocycles. The molecule has 0 unspecified atom stereocenters. The topological polar surface area (TPSA) is 118 Å². The van der Waals surface area contributed by atoms with Crippen LogP contribution in [0.15, 0.2) is 67.4 Å². The number of anilines is 3. The van der Waals surface area contributed by atoms with Gasteiger partial charge in [-0.1, -0.05) is 23.5 Å². The molecule has 0 atom stereocenters. The van der Waals surface area contributed by atoms with Crippen LogP contribution in [0.4, 0.5) is 21.0 Å². The van der Waals surface area contributed by atoms with Crippen LogP contribution in [-0.4, -0.2) is 35.7 Å². The monoisotopic (exact) mass is 475 g/mol. The number of thiazole rings is 1. The Bertz CT molecular complexity index is 1480. The van der Waals surface area contributed by atoms with Gasteiger partial charge < -0.3 is 10.4 Å². The third-order valence-corrected chi connectivity index (χ3v) is 5.91. The highest BCUT2D eigenvalue weighted by Gasteiger charge is 2.16. The lowest BCUT2D eigenvalue weighted by Gasteiger charge is -2.10. The SMILES string of the molecule is O=C(Nc1ncc(CO)s1)c1cncnc1Nc1ccc2c(cnn2Cc2cccc(F)c2)c1. The van der Waals surface area contributed by atoms with Gasteiger partial charge in [-0.05, 0) is 35.9 Å². The molecule has 11 heteroatoms. The van der Waals surface area contributed by atoms with E-state index in [0.717, 1.165) is 16.5 Å². The summed E-state index contributed by atoms with van der Waals surface area (Å²) in [6.07, 6.45) is 6.00. The highest BCUT2D eigenvalue weighted by Crippen LogP contribution is 2.25. The highest BCUT2D eigenvalue weighted by atomic mass is 32.1. The van der Waals surface area contributed by atoms with Crippen LogP contribution in [0.3, 0.4) is 0 Å². The zero-order valence-electron chi connectivity index (χ0n) is 17.6. The van der Waals surface area contributed by atoms with Crippen molar-refractivity contribution in [2.75, 3.05) is 10.6 Å². The van der Waals surface area contributed by atoms with E-state index in [4.69, 9.17) is 0 Å². The fraction of sp³-hybridized carbons (Fsp3) is 0.0870. The van der Waals surface area contributed by atoms with Gasteiger partial charge in [0.1, 0.15) is 23.5 Å². The first-order chi connectivity index (χ1) is 16.6. The van der Waals surface area contributed by atoms with E-state index in [-0.39, 0.29) is 18.0 Å². The Morgan fingerprint density at radius 1 is 1.12 bits per heavy atom. The molecule has 1 amide bonds. The van der Waals surface area contributed by atoms with Gasteiger partial charge in [-0.2, -0.15) is 5.10 Å². The van der Waals surface area contributed by atoms with Crippen molar-refractivity contribution in [2.45, 2.75) is 13.2 Å². The van der Waals surface area contributed by atoms with Gasteiger partial charge in [0.05, 0.1) is 29.7 Å². The molecule has 5 rings (SSSR count). The van der Waals surface area contributed by atoms with Crippen molar-refractivity contribution in [3.63, 3.8) is 0 Å². The number of aliphatic hydroxyl groups is 1. The maximum atomic E-state index is 13.5. The third kappa shape index (κ3) is 4.60. The minimum Gasteiger partial charge on any atom is -0.391 e. The fourth-order valence-electron chi connectivity index (χ4n) is 3.43. The first kappa shape index (κ1) is 21.6. The van der Waals surface area contributed by atoms with E-state index in [1.807, 2.05) is 24.3 Å². The summed E-state index contributed by atoms with van der Waals surface area (Å²) in [4.78, 5) is 25.7. The molecule has 9 nitrogen and oxygen atoms in total. The third-order valence-electron chi connectivity index (χ3n) is 5.01. The van der Waals surface area contributed by atoms with Crippen LogP contribution in [-0.2, 0) is 13.2 Å². The number of nitrogens with zero attached hydrogens (tertiary/aromatic N) is 5. The largest absolute Gasteiger partial charge is 0.391 e. The van der Waals surface area contributed by atoms with E-state index < -0.39 is 5.91 Å². The molecule has 0 fully saturated rings. The molecule has 0 aliphatic heterocycles. The molecule has 0 aliphatic rings. The molecule has 0 aliphatic carbocycles. The summed E-state index contributed by atoms with van der Waals surface area (Å²) in [6.45, 7) is 0.301. The Kier molecular flexibility index (Phi) is 5.93. The number of aromatic nitrogens is 5. The van der Waals surface area contributed by atoms with Crippen LogP contribution in [0.2, 0.25) is 0 Å². The van der Waals surface area contributed by atoms with Crippen molar-refractivity contribution in [3.05, 3.63) is 89.2 Å². The number of halogens is 1. The smallest absolute Gasteiger partial charge is 0.262 e. The fourth-order valence-corrected chi connectivity index (χ4v) is 4.10. The molecule has 3 heterocycles. The minimum absolute atomic E-state index is 0.143. The number of aliphatic hydroxyl groups excluding tert-OH is 1. The van der Waals surface area contributed by atoms with E-state index in [1.165, 1.54) is 42.2 Å². The number of rotatable bonds is 7. The summed E-state index contributed by atoms with van der Waals surface area (Å²) in [5.74, 6) is -0.377. The van der Waals surface area contributed by atoms with E-state index >= 15 is 0 Å². The zero-order chi connectivity index (χ0) is 23.5. The van der Waals surface area contributed by atoms with Crippen LogP contribution < -0.4 is 10.6 Å². The van der Waals surface area contributed by atoms with Gasteiger partial charge in [-0.15, -0.1) is 0 Å². The van der Waals surface area contributed by atoms with Crippen LogP contribution >= 0.6 is 11.3 Å². The van der Waals surface area contributed by atoms with Crippen LogP contribution in [0, 0.1) is 5.82 Å². The Morgan fingerprint density at radius 2 is 2.03 bits per heavy atom. The van der Waals surface area contributed by atoms with Crippen molar-refractivity contribution in [1.29, 1.82) is 0 Å². The van der Waals surface area contributed by atoms with E-state index in [2.05, 4.69) is 30.7 Å². The van der Waals surface area contributed by atoms with Crippen molar-refractivity contribution < 1.29 is 14.3 Å². The van der Waals surface area contributed by atoms with Crippen molar-refractivity contribution in [1.82, 2.24) is 24.7 Å². The Morgan fingerprint density at radius 3 is 2.85 bits per heavy atom. The number of fused-ring (bicyclic) bond motifs is 1. The Hall–Kier alpha value is -4.22. The number of hydrogen-bond acceptors (Lipinski definition) is 8. The number of carbonyl (C=O) groups is 1. The number of carbonyl (C=O) groups excluding carboxylic acids is 1. The number of benzene rings is 2. The highest BCUT2D eigenvalue weighted by molar-refractivity contribution is 7.15. The van der Waals surface area contributed by atoms with Gasteiger partial charge in [0.25, 0.3) is 5.91 Å². The molecule has 5 aromatic rings. The Balaban J connectivity index is 1.36. The second kappa shape index (κ2) is 9.33. The first-order valence-electron chi connectivity index (χ1n) is 10.2. The molecule has 3 aromatic heterocycles. The van der Waals surface area contributed by atoms with Gasteiger partial charge in [0, 0.05) is 23.5 Å². The summed E-state index contributed by atoms with van der Waals surface area (Å²) in [5, 5.41) is 20.7. The average Bonchev–Trinajstić information content (AvgIpc) is 3.46. The number of nitrogens with one attached hydrogen (secondary N) is 2. The molecule has 0 saturated heterocycles. The molecular formula is C23H18FN7O2S. The van der Waals surface area contributed by atoms with Crippen molar-refractivity contribution in [2.24, 2.45) is 0 Å². The lowest BCUT2D eigenvalue weighted by Crippen LogP contribution is -2.15. The lowest BCUT2D eigenvalue weighted by atomic mass is 10.2. The maximum Gasteiger partial charge on any atom is 0.262 e. The maximum absolute atomic E-state index is 13.5. The quantitative estimate of drug-likeness (QED) is 0.326. The summed E-state index contributed by atoms with van der Waals surface area (Å²) < 4.78 is 15.3. The van der Waals surface area contributed by atoms with Crippen LogP contribution in [0.25, 0.3) is 10.9 Å². The molecule has 3 N–H and O–H groups in total. The molecule has 0 bridgehead atoms. The summed E-state index contributed by atoms with van der Waals surface area (Å²) in [5.41, 5.74) is 2.65. The molecule has 34 heavy (non-hydrogen) atoms. The second-order valence-electron chi connectivity index (χ2n) is 7.36. The molecule has 0 spiro atoms. The van der Waals surface area contributed by atoms with Gasteiger partial charge in [0.2, 0.25) is 0 Å². The van der Waals surface area contributed by atoms with Gasteiger partial charge in [0.15, 0.2) is 5.13 Å². The average molecular weight is 476 g/mol. The van der Waals surface area contributed by atoms with Crippen molar-refractivity contribution >= 4 is 44.8 Å². The zero-order valence-corrected chi connectivity index (χ0v) is 18.5. The molecule has 170 valence electrons. The minimum atomic E-state index is -0.425. The molecule has 0 radical (unpaired) electrons. The van der Waals surface area contributed by atoms with Gasteiger partial charge >= 0.3 is 0 Å². The first-order valence-corrected chi connectivity index (χ1v) is 11.0. The van der Waals surface area contributed by atoms with Crippen LogP contribution in [0.5, 0.6) is 0 Å². The van der Waals surface area contributed by atoms with Gasteiger partial charge in [-0.25, -0.2) is 19.3 Å². The van der Waals surface area contributed by atoms with E-state index in [1.54, 1.807) is 16.9 Å². The standard InChI is InChI=1S/C23H18FN7O2S/c24-16-3-1-2-14(6-16)11-31-20-5-4-17(7-15(20)8-28-31)29-21-19(10-25-13-27-21)22(33)30-23-26-9-18(12-32)34-23/h1-10,13,32H,11-12H2,(H,25,27,29)(H,26,30,33). The van der Waals surface area contributed by atoms with Gasteiger partial charge in [-0.3, -0.25) is 14.8 Å². The Labute approximate surface area is 197 Å². The summed E-state index contributed by atoms with van der Waals surface area (Å²) in [7, 11) is 0. The summed E-state index contributed by atoms with van der Waals surface area (Å²) in [6, 6.07) is 12.1. The van der Waals surface area contributed by atoms with E-state index in [0.29, 0.717) is 28.1 Å². The molecular weight excluding hydrogens is 457 g/mol. The number of amides is 1.